The van der Waals surface area contributed by atoms with Crippen LogP contribution in [0.25, 0.3) is 0 Å². The highest BCUT2D eigenvalue weighted by atomic mass is 16.7. The molecule has 0 aliphatic carbocycles. The van der Waals surface area contributed by atoms with Crippen molar-refractivity contribution in [3.63, 3.8) is 0 Å². The second kappa shape index (κ2) is 16.3. The molecule has 15 heteroatoms. The van der Waals surface area contributed by atoms with E-state index in [9.17, 15) is 56.2 Å². The van der Waals surface area contributed by atoms with Gasteiger partial charge in [-0.3, -0.25) is 0 Å². The number of phenolic OH excluding ortho intramolecular Hbond substituents is 2. The Morgan fingerprint density at radius 3 is 1.48 bits per heavy atom. The summed E-state index contributed by atoms with van der Waals surface area (Å²) in [6, 6.07) is 9.26. The molecule has 2 aromatic rings. The molecule has 11 unspecified atom stereocenters. The third-order valence-electron chi connectivity index (χ3n) is 8.25. The van der Waals surface area contributed by atoms with E-state index in [1.807, 2.05) is 0 Å². The van der Waals surface area contributed by atoms with Crippen molar-refractivity contribution in [3.05, 3.63) is 47.5 Å². The first kappa shape index (κ1) is 36.0. The number of hydrogen-bond acceptors (Lipinski definition) is 15. The molecule has 0 aromatic heterocycles. The summed E-state index contributed by atoms with van der Waals surface area (Å²) in [6.07, 6.45) is -11.8. The van der Waals surface area contributed by atoms with Crippen LogP contribution in [0.1, 0.15) is 36.8 Å². The van der Waals surface area contributed by atoms with Gasteiger partial charge in [0.2, 0.25) is 12.6 Å². The summed E-state index contributed by atoms with van der Waals surface area (Å²) in [7, 11) is 0. The lowest BCUT2D eigenvalue weighted by Gasteiger charge is -2.39. The molecule has 46 heavy (non-hydrogen) atoms. The second-order valence-electron chi connectivity index (χ2n) is 11.7. The van der Waals surface area contributed by atoms with Gasteiger partial charge in [0.25, 0.3) is 0 Å². The molecule has 11 atom stereocenters. The summed E-state index contributed by atoms with van der Waals surface area (Å²) in [5, 5.41) is 110. The quantitative estimate of drug-likeness (QED) is 0.0999. The van der Waals surface area contributed by atoms with E-state index < -0.39 is 80.7 Å². The van der Waals surface area contributed by atoms with Crippen LogP contribution >= 0.6 is 0 Å². The maximum Gasteiger partial charge on any atom is 0.229 e. The van der Waals surface area contributed by atoms with Crippen LogP contribution in [-0.4, -0.2) is 137 Å². The van der Waals surface area contributed by atoms with Crippen molar-refractivity contribution in [2.24, 2.45) is 0 Å². The number of ether oxygens (including phenoxy) is 4. The summed E-state index contributed by atoms with van der Waals surface area (Å²) in [4.78, 5) is 0. The number of aryl methyl sites for hydroxylation is 2. The van der Waals surface area contributed by atoms with Gasteiger partial charge in [-0.25, -0.2) is 0 Å². The molecule has 11 N–H and O–H groups in total. The van der Waals surface area contributed by atoms with Crippen molar-refractivity contribution < 1.29 is 75.1 Å². The summed E-state index contributed by atoms with van der Waals surface area (Å²) < 4.78 is 21.6. The van der Waals surface area contributed by atoms with Crippen LogP contribution < -0.4 is 9.47 Å². The Balaban J connectivity index is 1.18. The highest BCUT2D eigenvalue weighted by molar-refractivity contribution is 5.43. The highest BCUT2D eigenvalue weighted by Gasteiger charge is 2.46. The first-order valence-corrected chi connectivity index (χ1v) is 15.2. The smallest absolute Gasteiger partial charge is 0.229 e. The van der Waals surface area contributed by atoms with Crippen molar-refractivity contribution in [2.45, 2.75) is 106 Å². The van der Waals surface area contributed by atoms with E-state index >= 15 is 0 Å². The van der Waals surface area contributed by atoms with E-state index in [1.54, 1.807) is 12.1 Å². The lowest BCUT2D eigenvalue weighted by molar-refractivity contribution is -0.277. The molecule has 2 aromatic carbocycles. The summed E-state index contributed by atoms with van der Waals surface area (Å²) in [6.45, 7) is -1.21. The zero-order valence-electron chi connectivity index (χ0n) is 25.0. The van der Waals surface area contributed by atoms with E-state index in [-0.39, 0.29) is 23.0 Å². The fourth-order valence-corrected chi connectivity index (χ4v) is 5.40. The maximum atomic E-state index is 10.5. The van der Waals surface area contributed by atoms with E-state index in [1.165, 1.54) is 24.3 Å². The third-order valence-corrected chi connectivity index (χ3v) is 8.25. The lowest BCUT2D eigenvalue weighted by atomic mass is 9.99. The van der Waals surface area contributed by atoms with Crippen molar-refractivity contribution in [1.82, 2.24) is 0 Å². The predicted octanol–water partition coefficient (Wildman–Crippen LogP) is -1.84. The molecule has 2 saturated heterocycles. The minimum absolute atomic E-state index is 0.0111. The number of aliphatic hydroxyl groups is 9. The molecule has 15 nitrogen and oxygen atoms in total. The number of phenols is 2. The molecule has 0 saturated carbocycles. The van der Waals surface area contributed by atoms with Gasteiger partial charge in [0, 0.05) is 0 Å². The summed E-state index contributed by atoms with van der Waals surface area (Å²) in [5.74, 6) is -0.518. The predicted molar refractivity (Wildman–Crippen MR) is 157 cm³/mol. The lowest BCUT2D eigenvalue weighted by Crippen LogP contribution is -2.60. The number of aliphatic hydroxyl groups excluding tert-OH is 9. The van der Waals surface area contributed by atoms with Gasteiger partial charge in [-0.2, -0.15) is 0 Å². The normalized spacial score (nSPS) is 32.2. The van der Waals surface area contributed by atoms with Gasteiger partial charge in [-0.05, 0) is 67.5 Å². The van der Waals surface area contributed by atoms with Gasteiger partial charge in [0.05, 0.1) is 19.3 Å². The Morgan fingerprint density at radius 1 is 0.587 bits per heavy atom. The van der Waals surface area contributed by atoms with E-state index in [0.717, 1.165) is 11.1 Å². The van der Waals surface area contributed by atoms with E-state index in [4.69, 9.17) is 18.9 Å². The van der Waals surface area contributed by atoms with Gasteiger partial charge in [0.1, 0.15) is 48.8 Å². The van der Waals surface area contributed by atoms with Crippen molar-refractivity contribution >= 4 is 0 Å². The SMILES string of the molecule is OCC1OC(Oc2ccc(CCCCC(O)CCc3ccc(OC4OC(CO)C(O)C(O)C4O)c(O)c3)cc2O)C(O)C(O)C1O. The minimum atomic E-state index is -1.61. The topological polar surface area (TPSA) is 259 Å². The third kappa shape index (κ3) is 8.76. The van der Waals surface area contributed by atoms with E-state index in [2.05, 4.69) is 0 Å². The van der Waals surface area contributed by atoms with Crippen LogP contribution in [-0.2, 0) is 22.3 Å². The molecule has 258 valence electrons. The first-order chi connectivity index (χ1) is 21.9. The van der Waals surface area contributed by atoms with Gasteiger partial charge < -0.3 is 75.1 Å². The van der Waals surface area contributed by atoms with Crippen LogP contribution in [0.15, 0.2) is 36.4 Å². The average Bonchev–Trinajstić information content (AvgIpc) is 3.04. The summed E-state index contributed by atoms with van der Waals surface area (Å²) in [5.41, 5.74) is 1.52. The van der Waals surface area contributed by atoms with Crippen LogP contribution in [0.2, 0.25) is 0 Å². The molecular formula is C31H44O15. The van der Waals surface area contributed by atoms with Crippen LogP contribution in [0.4, 0.5) is 0 Å². The Hall–Kier alpha value is -2.80. The van der Waals surface area contributed by atoms with Crippen molar-refractivity contribution in [2.75, 3.05) is 13.2 Å². The van der Waals surface area contributed by atoms with Gasteiger partial charge in [0.15, 0.2) is 23.0 Å². The zero-order chi connectivity index (χ0) is 33.5. The van der Waals surface area contributed by atoms with Crippen molar-refractivity contribution in [1.29, 1.82) is 0 Å². The maximum absolute atomic E-state index is 10.5. The average molecular weight is 657 g/mol. The first-order valence-electron chi connectivity index (χ1n) is 15.2. The van der Waals surface area contributed by atoms with Crippen LogP contribution in [0.5, 0.6) is 23.0 Å². The number of hydrogen-bond donors (Lipinski definition) is 11. The number of benzene rings is 2. The van der Waals surface area contributed by atoms with Gasteiger partial charge in [-0.1, -0.05) is 18.6 Å². The van der Waals surface area contributed by atoms with Crippen molar-refractivity contribution in [3.8, 4) is 23.0 Å². The fourth-order valence-electron chi connectivity index (χ4n) is 5.40. The number of aromatic hydroxyl groups is 2. The Labute approximate surface area is 265 Å². The molecule has 0 spiro atoms. The Kier molecular flexibility index (Phi) is 12.8. The molecule has 0 radical (unpaired) electrons. The number of unbranched alkanes of at least 4 members (excludes halogenated alkanes) is 1. The zero-order valence-corrected chi connectivity index (χ0v) is 25.0. The molecule has 2 aliphatic heterocycles. The second-order valence-corrected chi connectivity index (χ2v) is 11.7. The Bertz CT molecular complexity index is 1240. The Morgan fingerprint density at radius 2 is 1.04 bits per heavy atom. The van der Waals surface area contributed by atoms with E-state index in [0.29, 0.717) is 38.5 Å². The standard InChI is InChI=1S/C31H44O15/c32-13-22-24(37)26(39)28(41)30(45-22)43-20-9-6-15(11-18(20)35)3-1-2-4-17(34)8-5-16-7-10-21(19(36)12-16)44-31-29(42)27(40)25(38)23(14-33)46-31/h6-7,9-12,17,22-42H,1-5,8,13-14H2. The fraction of sp³-hybridized carbons (Fsp3) is 0.613. The summed E-state index contributed by atoms with van der Waals surface area (Å²) >= 11 is 0. The highest BCUT2D eigenvalue weighted by Crippen LogP contribution is 2.33. The minimum Gasteiger partial charge on any atom is -0.504 e. The van der Waals surface area contributed by atoms with Crippen LogP contribution in [0, 0.1) is 0 Å². The molecule has 0 amide bonds. The molecule has 4 rings (SSSR count). The van der Waals surface area contributed by atoms with Gasteiger partial charge >= 0.3 is 0 Å². The molecule has 2 heterocycles. The molecule has 2 aliphatic rings. The largest absolute Gasteiger partial charge is 0.504 e. The molecule has 0 bridgehead atoms. The number of rotatable bonds is 14. The van der Waals surface area contributed by atoms with Gasteiger partial charge in [-0.15, -0.1) is 0 Å². The van der Waals surface area contributed by atoms with Crippen LogP contribution in [0.3, 0.4) is 0 Å². The molecule has 2 fully saturated rings. The molecular weight excluding hydrogens is 612 g/mol. The monoisotopic (exact) mass is 656 g/mol.